The van der Waals surface area contributed by atoms with Gasteiger partial charge in [0.2, 0.25) is 0 Å². The Morgan fingerprint density at radius 2 is 2.29 bits per heavy atom. The lowest BCUT2D eigenvalue weighted by Crippen LogP contribution is -2.43. The molecule has 1 amide bonds. The molecule has 2 heterocycles. The summed E-state index contributed by atoms with van der Waals surface area (Å²) in [5, 5.41) is 8.96. The van der Waals surface area contributed by atoms with Crippen LogP contribution in [0.2, 0.25) is 0 Å². The number of pyridine rings is 1. The van der Waals surface area contributed by atoms with Crippen molar-refractivity contribution in [1.29, 1.82) is 0 Å². The van der Waals surface area contributed by atoms with Crippen molar-refractivity contribution < 1.29 is 14.7 Å². The summed E-state index contributed by atoms with van der Waals surface area (Å²) in [7, 11) is 0. The van der Waals surface area contributed by atoms with Crippen LogP contribution < -0.4 is 5.43 Å². The van der Waals surface area contributed by atoms with Crippen LogP contribution in [0, 0.1) is 0 Å². The lowest BCUT2D eigenvalue weighted by molar-refractivity contribution is -0.140. The number of carboxylic acid groups (broad SMARTS) is 1. The van der Waals surface area contributed by atoms with E-state index in [9.17, 15) is 14.4 Å². The molecule has 1 atom stereocenters. The van der Waals surface area contributed by atoms with Crippen molar-refractivity contribution in [2.75, 3.05) is 11.6 Å². The molecule has 0 unspecified atom stereocenters. The first kappa shape index (κ1) is 11.7. The molecule has 1 aliphatic rings. The molecule has 90 valence electrons. The van der Waals surface area contributed by atoms with Crippen molar-refractivity contribution in [2.24, 2.45) is 0 Å². The van der Waals surface area contributed by atoms with Gasteiger partial charge in [0.25, 0.3) is 5.91 Å². The van der Waals surface area contributed by atoms with Crippen LogP contribution in [0.3, 0.4) is 0 Å². The molecule has 7 heteroatoms. The zero-order valence-electron chi connectivity index (χ0n) is 8.75. The number of aromatic amines is 1. The van der Waals surface area contributed by atoms with E-state index in [-0.39, 0.29) is 5.56 Å². The van der Waals surface area contributed by atoms with Crippen molar-refractivity contribution in [3.05, 3.63) is 34.2 Å². The molecule has 0 aliphatic carbocycles. The van der Waals surface area contributed by atoms with Crippen molar-refractivity contribution in [2.45, 2.75) is 6.04 Å². The molecule has 2 N–H and O–H groups in total. The quantitative estimate of drug-likeness (QED) is 0.773. The van der Waals surface area contributed by atoms with Crippen molar-refractivity contribution in [1.82, 2.24) is 9.88 Å². The molecule has 0 saturated carbocycles. The van der Waals surface area contributed by atoms with Crippen LogP contribution in [0.25, 0.3) is 0 Å². The van der Waals surface area contributed by atoms with E-state index in [1.807, 2.05) is 0 Å². The highest BCUT2D eigenvalue weighted by atomic mass is 32.2. The second-order valence-corrected chi connectivity index (χ2v) is 4.55. The van der Waals surface area contributed by atoms with Gasteiger partial charge in [-0.25, -0.2) is 4.79 Å². The van der Waals surface area contributed by atoms with Gasteiger partial charge in [-0.3, -0.25) is 9.59 Å². The maximum absolute atomic E-state index is 12.0. The number of aromatic nitrogens is 1. The zero-order chi connectivity index (χ0) is 12.4. The van der Waals surface area contributed by atoms with E-state index in [1.54, 1.807) is 0 Å². The average Bonchev–Trinajstić information content (AvgIpc) is 2.77. The summed E-state index contributed by atoms with van der Waals surface area (Å²) in [5.74, 6) is -0.935. The first-order valence-electron chi connectivity index (χ1n) is 4.90. The van der Waals surface area contributed by atoms with Gasteiger partial charge in [0.1, 0.15) is 11.6 Å². The normalized spacial score (nSPS) is 19.3. The molecular formula is C10H10N2O4S. The van der Waals surface area contributed by atoms with E-state index in [2.05, 4.69) is 4.98 Å². The SMILES string of the molecule is O=C(O)[C@@H]1CSCN1C(=O)c1c[nH]ccc1=O. The predicted molar refractivity (Wildman–Crippen MR) is 62.0 cm³/mol. The van der Waals surface area contributed by atoms with Gasteiger partial charge in [-0.15, -0.1) is 11.8 Å². The molecule has 1 fully saturated rings. The van der Waals surface area contributed by atoms with Crippen LogP contribution in [-0.4, -0.2) is 44.5 Å². The number of amides is 1. The van der Waals surface area contributed by atoms with Gasteiger partial charge in [0, 0.05) is 24.2 Å². The van der Waals surface area contributed by atoms with Crippen LogP contribution in [-0.2, 0) is 4.79 Å². The number of thioether (sulfide) groups is 1. The standard InChI is InChI=1S/C10H10N2O4S/c13-8-1-2-11-3-6(8)9(14)12-5-17-4-7(12)10(15)16/h1-3,7H,4-5H2,(H,11,13)(H,15,16)/t7-/m0/s1. The highest BCUT2D eigenvalue weighted by Gasteiger charge is 2.35. The van der Waals surface area contributed by atoms with Gasteiger partial charge in [0.05, 0.1) is 5.88 Å². The number of carbonyl (C=O) groups is 2. The molecule has 1 aromatic rings. The van der Waals surface area contributed by atoms with Crippen LogP contribution >= 0.6 is 11.8 Å². The lowest BCUT2D eigenvalue weighted by Gasteiger charge is -2.19. The largest absolute Gasteiger partial charge is 0.480 e. The first-order chi connectivity index (χ1) is 8.11. The summed E-state index contributed by atoms with van der Waals surface area (Å²) in [6.45, 7) is 0. The van der Waals surface area contributed by atoms with E-state index in [4.69, 9.17) is 5.11 Å². The Bertz CT molecular complexity index is 513. The molecule has 0 bridgehead atoms. The predicted octanol–water partition coefficient (Wildman–Crippen LogP) is -0.0254. The second-order valence-electron chi connectivity index (χ2n) is 3.55. The topological polar surface area (TPSA) is 90.5 Å². The van der Waals surface area contributed by atoms with E-state index >= 15 is 0 Å². The molecular weight excluding hydrogens is 244 g/mol. The monoisotopic (exact) mass is 254 g/mol. The van der Waals surface area contributed by atoms with E-state index in [0.717, 1.165) is 0 Å². The summed E-state index contributed by atoms with van der Waals surface area (Å²) in [6, 6.07) is 0.388. The lowest BCUT2D eigenvalue weighted by atomic mass is 10.2. The fourth-order valence-electron chi connectivity index (χ4n) is 1.59. The highest BCUT2D eigenvalue weighted by molar-refractivity contribution is 7.99. The van der Waals surface area contributed by atoms with Crippen LogP contribution in [0.5, 0.6) is 0 Å². The summed E-state index contributed by atoms with van der Waals surface area (Å²) in [5.41, 5.74) is -0.434. The molecule has 0 spiro atoms. The number of nitrogens with zero attached hydrogens (tertiary/aromatic N) is 1. The molecule has 6 nitrogen and oxygen atoms in total. The summed E-state index contributed by atoms with van der Waals surface area (Å²) in [4.78, 5) is 38.3. The number of H-pyrrole nitrogens is 1. The molecule has 1 aliphatic heterocycles. The minimum atomic E-state index is -1.05. The third kappa shape index (κ3) is 2.19. The Kier molecular flexibility index (Phi) is 3.19. The van der Waals surface area contributed by atoms with Gasteiger partial charge < -0.3 is 15.0 Å². The number of rotatable bonds is 2. The molecule has 2 rings (SSSR count). The number of nitrogens with one attached hydrogen (secondary N) is 1. The fourth-order valence-corrected chi connectivity index (χ4v) is 2.73. The van der Waals surface area contributed by atoms with Gasteiger partial charge in [0.15, 0.2) is 5.43 Å². The smallest absolute Gasteiger partial charge is 0.327 e. The average molecular weight is 254 g/mol. The fraction of sp³-hybridized carbons (Fsp3) is 0.300. The second kappa shape index (κ2) is 4.62. The molecule has 0 radical (unpaired) electrons. The Hall–Kier alpha value is -1.76. The van der Waals surface area contributed by atoms with Crippen LogP contribution in [0.15, 0.2) is 23.3 Å². The summed E-state index contributed by atoms with van der Waals surface area (Å²) >= 11 is 1.36. The highest BCUT2D eigenvalue weighted by Crippen LogP contribution is 2.22. The number of hydrogen-bond acceptors (Lipinski definition) is 4. The third-order valence-corrected chi connectivity index (χ3v) is 3.49. The Labute approximate surface area is 101 Å². The summed E-state index contributed by atoms with van der Waals surface area (Å²) < 4.78 is 0. The maximum Gasteiger partial charge on any atom is 0.327 e. The molecule has 1 aromatic heterocycles. The number of carbonyl (C=O) groups excluding carboxylic acids is 1. The van der Waals surface area contributed by atoms with Crippen molar-refractivity contribution >= 4 is 23.6 Å². The zero-order valence-corrected chi connectivity index (χ0v) is 9.57. The number of aliphatic carboxylic acids is 1. The van der Waals surface area contributed by atoms with E-state index in [0.29, 0.717) is 11.6 Å². The maximum atomic E-state index is 12.0. The Morgan fingerprint density at radius 1 is 1.53 bits per heavy atom. The van der Waals surface area contributed by atoms with Crippen molar-refractivity contribution in [3.63, 3.8) is 0 Å². The van der Waals surface area contributed by atoms with Crippen LogP contribution in [0.4, 0.5) is 0 Å². The molecule has 1 saturated heterocycles. The number of hydrogen-bond donors (Lipinski definition) is 2. The summed E-state index contributed by atoms with van der Waals surface area (Å²) in [6.07, 6.45) is 2.72. The molecule has 17 heavy (non-hydrogen) atoms. The first-order valence-corrected chi connectivity index (χ1v) is 6.05. The molecule has 0 aromatic carbocycles. The third-order valence-electron chi connectivity index (χ3n) is 2.48. The van der Waals surface area contributed by atoms with Crippen LogP contribution in [0.1, 0.15) is 10.4 Å². The van der Waals surface area contributed by atoms with Gasteiger partial charge >= 0.3 is 5.97 Å². The van der Waals surface area contributed by atoms with E-state index in [1.165, 1.54) is 35.1 Å². The van der Waals surface area contributed by atoms with Gasteiger partial charge in [-0.05, 0) is 0 Å². The minimum Gasteiger partial charge on any atom is -0.480 e. The van der Waals surface area contributed by atoms with E-state index < -0.39 is 23.3 Å². The Balaban J connectivity index is 2.29. The Morgan fingerprint density at radius 3 is 2.94 bits per heavy atom. The van der Waals surface area contributed by atoms with Crippen molar-refractivity contribution in [3.8, 4) is 0 Å². The van der Waals surface area contributed by atoms with Gasteiger partial charge in [-0.2, -0.15) is 0 Å². The van der Waals surface area contributed by atoms with Gasteiger partial charge in [-0.1, -0.05) is 0 Å². The minimum absolute atomic E-state index is 0.0266. The number of carboxylic acids is 1.